The number of amides is 2. The molecule has 1 N–H and O–H groups in total. The van der Waals surface area contributed by atoms with Crippen molar-refractivity contribution < 1.29 is 9.59 Å². The summed E-state index contributed by atoms with van der Waals surface area (Å²) < 4.78 is 0. The lowest BCUT2D eigenvalue weighted by Gasteiger charge is -2.35. The van der Waals surface area contributed by atoms with Gasteiger partial charge in [-0.2, -0.15) is 0 Å². The molecule has 2 amide bonds. The second kappa shape index (κ2) is 9.19. The average molecular weight is 428 g/mol. The fourth-order valence-corrected chi connectivity index (χ4v) is 4.85. The van der Waals surface area contributed by atoms with Crippen molar-refractivity contribution in [1.82, 2.24) is 10.2 Å². The molecule has 0 aliphatic carbocycles. The normalized spacial score (nSPS) is 21.1. The van der Waals surface area contributed by atoms with Crippen LogP contribution in [0.1, 0.15) is 30.4 Å². The Morgan fingerprint density at radius 2 is 1.73 bits per heavy atom. The third kappa shape index (κ3) is 3.96. The highest BCUT2D eigenvalue weighted by atomic mass is 35.5. The minimum absolute atomic E-state index is 0. The number of anilines is 1. The van der Waals surface area contributed by atoms with E-state index in [1.165, 1.54) is 0 Å². The van der Waals surface area contributed by atoms with Crippen LogP contribution in [0, 0.1) is 0 Å². The van der Waals surface area contributed by atoms with Gasteiger partial charge in [0.05, 0.1) is 5.41 Å². The second-order valence-corrected chi connectivity index (χ2v) is 8.29. The number of fused-ring (bicyclic) bond motifs is 1. The van der Waals surface area contributed by atoms with Gasteiger partial charge in [-0.1, -0.05) is 48.5 Å². The molecule has 0 bridgehead atoms. The van der Waals surface area contributed by atoms with Crippen LogP contribution in [0.15, 0.2) is 54.6 Å². The maximum absolute atomic E-state index is 13.6. The van der Waals surface area contributed by atoms with Gasteiger partial charge in [-0.15, -0.1) is 12.4 Å². The molecule has 1 fully saturated rings. The summed E-state index contributed by atoms with van der Waals surface area (Å²) in [5.74, 6) is 0.0564. The molecular formula is C24H30ClN3O2. The van der Waals surface area contributed by atoms with Crippen molar-refractivity contribution in [3.05, 3.63) is 65.7 Å². The molecule has 0 radical (unpaired) electrons. The van der Waals surface area contributed by atoms with Crippen LogP contribution in [-0.4, -0.2) is 49.9 Å². The number of para-hydroxylation sites is 1. The highest BCUT2D eigenvalue weighted by molar-refractivity contribution is 6.09. The monoisotopic (exact) mass is 427 g/mol. The second-order valence-electron chi connectivity index (χ2n) is 8.29. The van der Waals surface area contributed by atoms with E-state index < -0.39 is 5.41 Å². The molecule has 4 rings (SSSR count). The number of hydrogen-bond donors (Lipinski definition) is 1. The zero-order valence-electron chi connectivity index (χ0n) is 17.6. The molecular weight excluding hydrogens is 398 g/mol. The zero-order valence-corrected chi connectivity index (χ0v) is 18.5. The molecule has 1 atom stereocenters. The number of halogens is 1. The summed E-state index contributed by atoms with van der Waals surface area (Å²) in [6.07, 6.45) is 2.64. The molecule has 1 saturated heterocycles. The zero-order chi connectivity index (χ0) is 20.4. The summed E-state index contributed by atoms with van der Waals surface area (Å²) in [7, 11) is 3.71. The minimum atomic E-state index is -0.856. The van der Waals surface area contributed by atoms with E-state index in [1.54, 1.807) is 4.90 Å². The largest absolute Gasteiger partial charge is 0.343 e. The average Bonchev–Trinajstić information content (AvgIpc) is 2.97. The Kier molecular flexibility index (Phi) is 6.84. The molecule has 6 heteroatoms. The molecule has 2 aromatic carbocycles. The number of rotatable bonds is 5. The minimum Gasteiger partial charge on any atom is -0.343 e. The van der Waals surface area contributed by atoms with E-state index in [2.05, 4.69) is 5.32 Å². The summed E-state index contributed by atoms with van der Waals surface area (Å²) in [6, 6.07) is 18.2. The molecule has 0 spiro atoms. The Morgan fingerprint density at radius 1 is 1.10 bits per heavy atom. The van der Waals surface area contributed by atoms with Crippen molar-refractivity contribution in [2.24, 2.45) is 0 Å². The van der Waals surface area contributed by atoms with Crippen LogP contribution >= 0.6 is 12.4 Å². The number of piperidine rings is 1. The fourth-order valence-electron chi connectivity index (χ4n) is 4.85. The standard InChI is InChI=1S/C24H29N3O2.ClH/c1-26(19-12-14-25-15-13-19)22(28)17-24(16-18-8-4-3-5-9-18)20-10-6-7-11-21(20)27(2)23(24)29;/h3-11,19,25H,12-17H2,1-2H3;1H. The third-order valence-electron chi connectivity index (χ3n) is 6.55. The van der Waals surface area contributed by atoms with Crippen molar-refractivity contribution in [3.63, 3.8) is 0 Å². The summed E-state index contributed by atoms with van der Waals surface area (Å²) in [4.78, 5) is 30.6. The molecule has 1 unspecified atom stereocenters. The number of carbonyl (C=O) groups is 2. The summed E-state index contributed by atoms with van der Waals surface area (Å²) >= 11 is 0. The highest BCUT2D eigenvalue weighted by Gasteiger charge is 2.51. The van der Waals surface area contributed by atoms with Crippen LogP contribution in [-0.2, 0) is 21.4 Å². The Balaban J connectivity index is 0.00000256. The molecule has 0 saturated carbocycles. The Morgan fingerprint density at radius 3 is 2.43 bits per heavy atom. The predicted molar refractivity (Wildman–Crippen MR) is 122 cm³/mol. The van der Waals surface area contributed by atoms with E-state index in [0.29, 0.717) is 6.42 Å². The van der Waals surface area contributed by atoms with Crippen molar-refractivity contribution in [3.8, 4) is 0 Å². The van der Waals surface area contributed by atoms with E-state index in [0.717, 1.165) is 42.7 Å². The van der Waals surface area contributed by atoms with Crippen LogP contribution in [0.2, 0.25) is 0 Å². The van der Waals surface area contributed by atoms with Crippen molar-refractivity contribution in [2.75, 3.05) is 32.1 Å². The summed E-state index contributed by atoms with van der Waals surface area (Å²) in [5.41, 5.74) is 2.09. The first kappa shape index (κ1) is 22.3. The van der Waals surface area contributed by atoms with Crippen LogP contribution in [0.25, 0.3) is 0 Å². The maximum atomic E-state index is 13.6. The van der Waals surface area contributed by atoms with E-state index in [4.69, 9.17) is 0 Å². The van der Waals surface area contributed by atoms with Gasteiger partial charge >= 0.3 is 0 Å². The number of carbonyl (C=O) groups excluding carboxylic acids is 2. The Labute approximate surface area is 184 Å². The molecule has 2 aromatic rings. The lowest BCUT2D eigenvalue weighted by Crippen LogP contribution is -2.48. The molecule has 2 aliphatic rings. The Bertz CT molecular complexity index is 898. The highest BCUT2D eigenvalue weighted by Crippen LogP contribution is 2.45. The number of benzene rings is 2. The molecule has 2 aliphatic heterocycles. The van der Waals surface area contributed by atoms with E-state index in [-0.39, 0.29) is 36.7 Å². The van der Waals surface area contributed by atoms with Gasteiger partial charge in [0, 0.05) is 32.2 Å². The van der Waals surface area contributed by atoms with E-state index >= 15 is 0 Å². The lowest BCUT2D eigenvalue weighted by atomic mass is 9.73. The van der Waals surface area contributed by atoms with Crippen molar-refractivity contribution >= 4 is 29.9 Å². The first-order valence-electron chi connectivity index (χ1n) is 10.4. The smallest absolute Gasteiger partial charge is 0.238 e. The summed E-state index contributed by atoms with van der Waals surface area (Å²) in [6.45, 7) is 1.86. The molecule has 2 heterocycles. The summed E-state index contributed by atoms with van der Waals surface area (Å²) in [5, 5.41) is 3.35. The van der Waals surface area contributed by atoms with Gasteiger partial charge in [-0.05, 0) is 49.5 Å². The van der Waals surface area contributed by atoms with Crippen molar-refractivity contribution in [1.29, 1.82) is 0 Å². The van der Waals surface area contributed by atoms with Gasteiger partial charge in [0.1, 0.15) is 0 Å². The van der Waals surface area contributed by atoms with Gasteiger partial charge in [0.2, 0.25) is 11.8 Å². The van der Waals surface area contributed by atoms with Crippen molar-refractivity contribution in [2.45, 2.75) is 37.1 Å². The van der Waals surface area contributed by atoms with Gasteiger partial charge in [0.15, 0.2) is 0 Å². The number of likely N-dealkylation sites (N-methyl/N-ethyl adjacent to an activating group) is 1. The van der Waals surface area contributed by atoms with Crippen LogP contribution in [0.3, 0.4) is 0 Å². The molecule has 160 valence electrons. The van der Waals surface area contributed by atoms with Crippen LogP contribution in [0.5, 0.6) is 0 Å². The topological polar surface area (TPSA) is 52.7 Å². The van der Waals surface area contributed by atoms with E-state index in [9.17, 15) is 9.59 Å². The predicted octanol–water partition coefficient (Wildman–Crippen LogP) is 3.17. The third-order valence-corrected chi connectivity index (χ3v) is 6.55. The van der Waals surface area contributed by atoms with Gasteiger partial charge in [0.25, 0.3) is 0 Å². The van der Waals surface area contributed by atoms with Gasteiger partial charge in [-0.25, -0.2) is 0 Å². The Hall–Kier alpha value is -2.37. The van der Waals surface area contributed by atoms with Crippen LogP contribution in [0.4, 0.5) is 5.69 Å². The number of nitrogens with zero attached hydrogens (tertiary/aromatic N) is 2. The van der Waals surface area contributed by atoms with Gasteiger partial charge < -0.3 is 15.1 Å². The SMILES string of the molecule is CN1C(=O)C(CC(=O)N(C)C2CCNCC2)(Cc2ccccc2)c2ccccc21.Cl. The molecule has 5 nitrogen and oxygen atoms in total. The first-order chi connectivity index (χ1) is 14.0. The molecule has 0 aromatic heterocycles. The maximum Gasteiger partial charge on any atom is 0.238 e. The number of nitrogens with one attached hydrogen (secondary N) is 1. The lowest BCUT2D eigenvalue weighted by molar-refractivity contribution is -0.137. The van der Waals surface area contributed by atoms with E-state index in [1.807, 2.05) is 73.6 Å². The quantitative estimate of drug-likeness (QED) is 0.797. The fraction of sp³-hybridized carbons (Fsp3) is 0.417. The van der Waals surface area contributed by atoms with Crippen LogP contribution < -0.4 is 10.2 Å². The van der Waals surface area contributed by atoms with Gasteiger partial charge in [-0.3, -0.25) is 9.59 Å². The first-order valence-corrected chi connectivity index (χ1v) is 10.4. The number of hydrogen-bond acceptors (Lipinski definition) is 3. The molecule has 30 heavy (non-hydrogen) atoms.